The van der Waals surface area contributed by atoms with Gasteiger partial charge in [-0.15, -0.1) is 0 Å². The lowest BCUT2D eigenvalue weighted by Crippen LogP contribution is -2.35. The topological polar surface area (TPSA) is 9.23 Å². The molecule has 0 N–H and O–H groups in total. The average molecular weight is 290 g/mol. The van der Waals surface area contributed by atoms with Crippen molar-refractivity contribution in [1.82, 2.24) is 0 Å². The number of ether oxygens (including phenoxy) is 1. The number of rotatable bonds is 8. The quantitative estimate of drug-likeness (QED) is 0.600. The van der Waals surface area contributed by atoms with E-state index in [2.05, 4.69) is 72.7 Å². The largest absolute Gasteiger partial charge is 0.372 e. The maximum atomic E-state index is 6.25. The number of hydrogen-bond acceptors (Lipinski definition) is 1. The zero-order valence-corrected chi connectivity index (χ0v) is 15.1. The van der Waals surface area contributed by atoms with Crippen molar-refractivity contribution in [3.8, 4) is 0 Å². The minimum absolute atomic E-state index is 0.0618. The molecular weight excluding hydrogens is 256 g/mol. The van der Waals surface area contributed by atoms with E-state index in [1.54, 1.807) is 0 Å². The summed E-state index contributed by atoms with van der Waals surface area (Å²) in [4.78, 5) is 0. The van der Waals surface area contributed by atoms with Crippen LogP contribution in [0.5, 0.6) is 0 Å². The van der Waals surface area contributed by atoms with Gasteiger partial charge in [0.05, 0.1) is 11.7 Å². The van der Waals surface area contributed by atoms with Gasteiger partial charge >= 0.3 is 0 Å². The molecule has 0 aliphatic rings. The van der Waals surface area contributed by atoms with E-state index in [1.807, 2.05) is 0 Å². The summed E-state index contributed by atoms with van der Waals surface area (Å²) >= 11 is 0. The van der Waals surface area contributed by atoms with Crippen molar-refractivity contribution in [2.24, 2.45) is 11.8 Å². The molecule has 1 aromatic carbocycles. The summed E-state index contributed by atoms with van der Waals surface area (Å²) in [6.45, 7) is 15.6. The van der Waals surface area contributed by atoms with Crippen LogP contribution in [0.25, 0.3) is 0 Å². The Hall–Kier alpha value is -0.820. The Balaban J connectivity index is 2.64. The maximum absolute atomic E-state index is 6.25. The summed E-state index contributed by atoms with van der Waals surface area (Å²) < 4.78 is 6.25. The summed E-state index contributed by atoms with van der Waals surface area (Å²) in [5.41, 5.74) is 2.79. The lowest BCUT2D eigenvalue weighted by molar-refractivity contribution is -0.0900. The van der Waals surface area contributed by atoms with Gasteiger partial charge in [-0.3, -0.25) is 0 Å². The van der Waals surface area contributed by atoms with Gasteiger partial charge in [0.15, 0.2) is 0 Å². The first-order valence-electron chi connectivity index (χ1n) is 8.50. The first kappa shape index (κ1) is 18.2. The number of hydrogen-bond donors (Lipinski definition) is 0. The van der Waals surface area contributed by atoms with Crippen LogP contribution in [0, 0.1) is 11.8 Å². The van der Waals surface area contributed by atoms with Gasteiger partial charge in [-0.2, -0.15) is 0 Å². The molecule has 1 nitrogen and oxygen atoms in total. The Labute approximate surface area is 132 Å². The van der Waals surface area contributed by atoms with E-state index >= 15 is 0 Å². The van der Waals surface area contributed by atoms with Gasteiger partial charge < -0.3 is 4.74 Å². The average Bonchev–Trinajstić information content (AvgIpc) is 2.37. The molecule has 21 heavy (non-hydrogen) atoms. The molecule has 2 atom stereocenters. The van der Waals surface area contributed by atoms with Crippen molar-refractivity contribution < 1.29 is 4.74 Å². The first-order valence-corrected chi connectivity index (χ1v) is 8.50. The van der Waals surface area contributed by atoms with E-state index in [0.717, 1.165) is 12.3 Å². The van der Waals surface area contributed by atoms with Crippen molar-refractivity contribution in [2.45, 2.75) is 79.4 Å². The smallest absolute Gasteiger partial charge is 0.0653 e. The molecule has 0 saturated heterocycles. The lowest BCUT2D eigenvalue weighted by atomic mass is 9.93. The van der Waals surface area contributed by atoms with Gasteiger partial charge in [0.2, 0.25) is 0 Å². The van der Waals surface area contributed by atoms with Gasteiger partial charge in [0.25, 0.3) is 0 Å². The van der Waals surface area contributed by atoms with Crippen LogP contribution in [0.1, 0.15) is 66.0 Å². The summed E-state index contributed by atoms with van der Waals surface area (Å²) in [5, 5.41) is 0. The fourth-order valence-electron chi connectivity index (χ4n) is 2.46. The Morgan fingerprint density at radius 1 is 1.00 bits per heavy atom. The van der Waals surface area contributed by atoms with E-state index in [1.165, 1.54) is 24.0 Å². The molecular formula is C20H34O. The van der Waals surface area contributed by atoms with Crippen LogP contribution >= 0.6 is 0 Å². The second-order valence-corrected chi connectivity index (χ2v) is 7.43. The molecule has 0 bridgehead atoms. The van der Waals surface area contributed by atoms with Gasteiger partial charge in [0.1, 0.15) is 0 Å². The van der Waals surface area contributed by atoms with Gasteiger partial charge in [0, 0.05) is 0 Å². The molecule has 1 aromatic rings. The molecule has 0 aliphatic heterocycles. The van der Waals surface area contributed by atoms with Gasteiger partial charge in [-0.1, -0.05) is 58.4 Å². The molecule has 0 aliphatic carbocycles. The molecule has 0 radical (unpaired) electrons. The molecule has 0 spiro atoms. The van der Waals surface area contributed by atoms with Crippen LogP contribution in [0.3, 0.4) is 0 Å². The van der Waals surface area contributed by atoms with Crippen LogP contribution < -0.4 is 0 Å². The zero-order chi connectivity index (χ0) is 16.0. The Morgan fingerprint density at radius 3 is 2.10 bits per heavy atom. The van der Waals surface area contributed by atoms with Crippen LogP contribution in [-0.4, -0.2) is 11.7 Å². The Morgan fingerprint density at radius 2 is 1.57 bits per heavy atom. The Bertz CT molecular complexity index is 420. The van der Waals surface area contributed by atoms with Crippen LogP contribution in [0.4, 0.5) is 0 Å². The summed E-state index contributed by atoms with van der Waals surface area (Å²) in [7, 11) is 0. The fourth-order valence-corrected chi connectivity index (χ4v) is 2.46. The molecule has 0 aromatic heterocycles. The molecule has 0 heterocycles. The predicted octanol–water partition coefficient (Wildman–Crippen LogP) is 5.66. The second kappa shape index (κ2) is 7.98. The van der Waals surface area contributed by atoms with E-state index < -0.39 is 0 Å². The lowest BCUT2D eigenvalue weighted by Gasteiger charge is -2.33. The van der Waals surface area contributed by atoms with Gasteiger partial charge in [-0.05, 0) is 56.6 Å². The predicted molar refractivity (Wildman–Crippen MR) is 92.8 cm³/mol. The molecule has 120 valence electrons. The third-order valence-corrected chi connectivity index (χ3v) is 4.69. The minimum atomic E-state index is -0.0618. The highest BCUT2D eigenvalue weighted by atomic mass is 16.5. The molecule has 1 heteroatoms. The van der Waals surface area contributed by atoms with E-state index in [0.29, 0.717) is 5.92 Å². The minimum Gasteiger partial charge on any atom is -0.372 e. The summed E-state index contributed by atoms with van der Waals surface area (Å²) in [6, 6.07) is 9.02. The fraction of sp³-hybridized carbons (Fsp3) is 0.700. The van der Waals surface area contributed by atoms with Gasteiger partial charge in [-0.25, -0.2) is 0 Å². The third-order valence-electron chi connectivity index (χ3n) is 4.69. The summed E-state index contributed by atoms with van der Waals surface area (Å²) in [6.07, 6.45) is 3.66. The van der Waals surface area contributed by atoms with Crippen LogP contribution in [0.15, 0.2) is 24.3 Å². The maximum Gasteiger partial charge on any atom is 0.0653 e. The van der Waals surface area contributed by atoms with Crippen molar-refractivity contribution >= 4 is 0 Å². The summed E-state index contributed by atoms with van der Waals surface area (Å²) in [5.74, 6) is 1.28. The molecule has 0 saturated carbocycles. The standard InChI is InChI=1S/C20H34O/c1-8-16(4)12-18-10-9-11-19(14-18)13-17(5)21-20(6,7)15(2)3/h9-11,14-17H,8,12-13H2,1-7H3. The Kier molecular flexibility index (Phi) is 6.93. The van der Waals surface area contributed by atoms with Crippen LogP contribution in [0.2, 0.25) is 0 Å². The van der Waals surface area contributed by atoms with Crippen LogP contribution in [-0.2, 0) is 17.6 Å². The van der Waals surface area contributed by atoms with Crippen molar-refractivity contribution in [3.63, 3.8) is 0 Å². The van der Waals surface area contributed by atoms with Crippen molar-refractivity contribution in [3.05, 3.63) is 35.4 Å². The van der Waals surface area contributed by atoms with Crippen molar-refractivity contribution in [2.75, 3.05) is 0 Å². The van der Waals surface area contributed by atoms with E-state index in [4.69, 9.17) is 4.74 Å². The normalized spacial score (nSPS) is 15.2. The van der Waals surface area contributed by atoms with E-state index in [-0.39, 0.29) is 11.7 Å². The second-order valence-electron chi connectivity index (χ2n) is 7.43. The third kappa shape index (κ3) is 6.22. The highest BCUT2D eigenvalue weighted by Gasteiger charge is 2.25. The molecule has 2 unspecified atom stereocenters. The highest BCUT2D eigenvalue weighted by molar-refractivity contribution is 5.24. The first-order chi connectivity index (χ1) is 9.74. The molecule has 1 rings (SSSR count). The SMILES string of the molecule is CCC(C)Cc1cccc(CC(C)OC(C)(C)C(C)C)c1. The molecule has 0 amide bonds. The highest BCUT2D eigenvalue weighted by Crippen LogP contribution is 2.24. The zero-order valence-electron chi connectivity index (χ0n) is 15.1. The van der Waals surface area contributed by atoms with Crippen molar-refractivity contribution in [1.29, 1.82) is 0 Å². The number of benzene rings is 1. The molecule has 0 fully saturated rings. The monoisotopic (exact) mass is 290 g/mol. The van der Waals surface area contributed by atoms with E-state index in [9.17, 15) is 0 Å².